The van der Waals surface area contributed by atoms with E-state index in [1.165, 1.54) is 12.8 Å². The molecule has 0 aliphatic carbocycles. The number of nitrogens with one attached hydrogen (secondary N) is 2. The highest BCUT2D eigenvalue weighted by Gasteiger charge is 2.46. The molecule has 2 saturated heterocycles. The summed E-state index contributed by atoms with van der Waals surface area (Å²) >= 11 is 0. The first kappa shape index (κ1) is 25.8. The summed E-state index contributed by atoms with van der Waals surface area (Å²) < 4.78 is 6.17. The zero-order valence-electron chi connectivity index (χ0n) is 22.3. The van der Waals surface area contributed by atoms with Crippen LogP contribution in [-0.4, -0.2) is 42.5 Å². The number of ether oxygens (including phenoxy) is 1. The lowest BCUT2D eigenvalue weighted by Crippen LogP contribution is -2.58. The van der Waals surface area contributed by atoms with E-state index in [4.69, 9.17) is 4.74 Å². The Morgan fingerprint density at radius 2 is 2.03 bits per heavy atom. The molecule has 37 heavy (non-hydrogen) atoms. The molecule has 2 amide bonds. The van der Waals surface area contributed by atoms with Crippen LogP contribution in [0.5, 0.6) is 5.75 Å². The Kier molecular flexibility index (Phi) is 8.14. The van der Waals surface area contributed by atoms with Crippen LogP contribution in [0.3, 0.4) is 0 Å². The normalized spacial score (nSPS) is 23.5. The van der Waals surface area contributed by atoms with Crippen molar-refractivity contribution in [2.45, 2.75) is 83.3 Å². The fourth-order valence-electron chi connectivity index (χ4n) is 6.38. The van der Waals surface area contributed by atoms with Crippen LogP contribution >= 0.6 is 0 Å². The zero-order chi connectivity index (χ0) is 25.8. The minimum absolute atomic E-state index is 0.0626. The maximum absolute atomic E-state index is 13.8. The van der Waals surface area contributed by atoms with Gasteiger partial charge in [-0.25, -0.2) is 0 Å². The van der Waals surface area contributed by atoms with Crippen molar-refractivity contribution < 1.29 is 14.3 Å². The summed E-state index contributed by atoms with van der Waals surface area (Å²) in [7, 11) is 0. The van der Waals surface area contributed by atoms with Crippen LogP contribution < -0.4 is 15.4 Å². The summed E-state index contributed by atoms with van der Waals surface area (Å²) in [6.45, 7) is 6.54. The molecule has 2 aromatic carbocycles. The average molecular weight is 504 g/mol. The third kappa shape index (κ3) is 5.54. The maximum Gasteiger partial charge on any atom is 0.252 e. The molecule has 2 N–H and O–H groups in total. The Morgan fingerprint density at radius 1 is 1.19 bits per heavy atom. The summed E-state index contributed by atoms with van der Waals surface area (Å²) in [5.41, 5.74) is 3.88. The van der Waals surface area contributed by atoms with E-state index in [9.17, 15) is 9.59 Å². The lowest BCUT2D eigenvalue weighted by molar-refractivity contribution is -0.145. The first-order chi connectivity index (χ1) is 18.1. The van der Waals surface area contributed by atoms with Gasteiger partial charge in [-0.3, -0.25) is 9.59 Å². The molecule has 5 rings (SSSR count). The molecule has 0 spiro atoms. The Hall–Kier alpha value is -2.86. The van der Waals surface area contributed by atoms with E-state index in [1.54, 1.807) is 0 Å². The predicted molar refractivity (Wildman–Crippen MR) is 146 cm³/mol. The fraction of sp³-hybridized carbons (Fsp3) is 0.548. The largest absolute Gasteiger partial charge is 0.494 e. The summed E-state index contributed by atoms with van der Waals surface area (Å²) in [5, 5.41) is 6.82. The quantitative estimate of drug-likeness (QED) is 0.454. The number of carbonyl (C=O) groups is 2. The standard InChI is InChI=1S/C31H41N3O3/c1-3-4-5-9-17-37-24-18-23-14-16-34-28(20-27-25(31(34)36)13-10-15-32-27)29(23)26(19-24)30(35)33-21(2)22-11-7-6-8-12-22/h6-8,11-12,18-19,21,25,27-28,32H,3-5,9-10,13-17,20H2,1-2H3,(H,33,35)/t21-,25+,27+,28+/m1/s1. The van der Waals surface area contributed by atoms with Gasteiger partial charge in [0.1, 0.15) is 5.75 Å². The highest BCUT2D eigenvalue weighted by Crippen LogP contribution is 2.44. The number of fused-ring (bicyclic) bond motifs is 4. The first-order valence-corrected chi connectivity index (χ1v) is 14.3. The van der Waals surface area contributed by atoms with Gasteiger partial charge in [0, 0.05) is 18.2 Å². The second kappa shape index (κ2) is 11.7. The number of rotatable bonds is 9. The minimum Gasteiger partial charge on any atom is -0.494 e. The van der Waals surface area contributed by atoms with Crippen molar-refractivity contribution in [2.75, 3.05) is 19.7 Å². The van der Waals surface area contributed by atoms with Gasteiger partial charge in [0.25, 0.3) is 5.91 Å². The molecule has 2 fully saturated rings. The van der Waals surface area contributed by atoms with Crippen LogP contribution in [0.4, 0.5) is 0 Å². The van der Waals surface area contributed by atoms with Crippen LogP contribution in [-0.2, 0) is 11.2 Å². The number of piperidine rings is 2. The van der Waals surface area contributed by atoms with Gasteiger partial charge >= 0.3 is 0 Å². The Morgan fingerprint density at radius 3 is 2.84 bits per heavy atom. The molecule has 0 unspecified atom stereocenters. The van der Waals surface area contributed by atoms with Gasteiger partial charge in [-0.15, -0.1) is 0 Å². The van der Waals surface area contributed by atoms with Crippen molar-refractivity contribution in [3.8, 4) is 5.75 Å². The molecule has 2 aromatic rings. The second-order valence-corrected chi connectivity index (χ2v) is 10.9. The number of hydrogen-bond acceptors (Lipinski definition) is 4. The van der Waals surface area contributed by atoms with Crippen molar-refractivity contribution in [3.05, 3.63) is 64.7 Å². The van der Waals surface area contributed by atoms with Crippen molar-refractivity contribution in [1.82, 2.24) is 15.5 Å². The summed E-state index contributed by atoms with van der Waals surface area (Å²) in [6, 6.07) is 14.1. The third-order valence-corrected chi connectivity index (χ3v) is 8.39. The van der Waals surface area contributed by atoms with E-state index < -0.39 is 0 Å². The van der Waals surface area contributed by atoms with Gasteiger partial charge in [0.15, 0.2) is 0 Å². The van der Waals surface area contributed by atoms with Crippen LogP contribution in [0, 0.1) is 5.92 Å². The van der Waals surface area contributed by atoms with Crippen molar-refractivity contribution in [3.63, 3.8) is 0 Å². The molecule has 0 bridgehead atoms. The lowest BCUT2D eigenvalue weighted by atomic mass is 9.75. The minimum atomic E-state index is -0.125. The molecule has 3 aliphatic heterocycles. The van der Waals surface area contributed by atoms with E-state index in [0.29, 0.717) is 18.7 Å². The molecular formula is C31H41N3O3. The lowest BCUT2D eigenvalue weighted by Gasteiger charge is -2.48. The number of carbonyl (C=O) groups excluding carboxylic acids is 2. The van der Waals surface area contributed by atoms with Crippen molar-refractivity contribution >= 4 is 11.8 Å². The molecule has 6 heteroatoms. The van der Waals surface area contributed by atoms with Gasteiger partial charge in [0.05, 0.1) is 24.6 Å². The number of unbranched alkanes of at least 4 members (excludes halogenated alkanes) is 3. The molecule has 0 aromatic heterocycles. The average Bonchev–Trinajstić information content (AvgIpc) is 2.93. The second-order valence-electron chi connectivity index (χ2n) is 10.9. The van der Waals surface area contributed by atoms with Gasteiger partial charge in [-0.05, 0) is 74.4 Å². The molecule has 3 heterocycles. The SMILES string of the molecule is CCCCCCOc1cc2c(c(C(=O)N[C@H](C)c3ccccc3)c1)[C@@H]1C[C@@H]3NCCC[C@@H]3C(=O)N1CC2. The molecule has 198 valence electrons. The molecule has 6 nitrogen and oxygen atoms in total. The topological polar surface area (TPSA) is 70.7 Å². The van der Waals surface area contributed by atoms with Crippen LogP contribution in [0.25, 0.3) is 0 Å². The number of nitrogens with zero attached hydrogens (tertiary/aromatic N) is 1. The maximum atomic E-state index is 13.8. The first-order valence-electron chi connectivity index (χ1n) is 14.3. The van der Waals surface area contributed by atoms with Crippen LogP contribution in [0.2, 0.25) is 0 Å². The summed E-state index contributed by atoms with van der Waals surface area (Å²) in [5.74, 6) is 0.973. The molecule has 4 atom stereocenters. The molecular weight excluding hydrogens is 462 g/mol. The smallest absolute Gasteiger partial charge is 0.252 e. The number of benzene rings is 2. The number of hydrogen-bond donors (Lipinski definition) is 2. The Balaban J connectivity index is 1.45. The Bertz CT molecular complexity index is 1100. The van der Waals surface area contributed by atoms with Crippen molar-refractivity contribution in [1.29, 1.82) is 0 Å². The molecule has 0 radical (unpaired) electrons. The summed E-state index contributed by atoms with van der Waals surface area (Å²) in [6.07, 6.45) is 8.18. The highest BCUT2D eigenvalue weighted by molar-refractivity contribution is 5.97. The number of amides is 2. The monoisotopic (exact) mass is 503 g/mol. The van der Waals surface area contributed by atoms with Gasteiger partial charge < -0.3 is 20.3 Å². The third-order valence-electron chi connectivity index (χ3n) is 8.39. The zero-order valence-corrected chi connectivity index (χ0v) is 22.3. The van der Waals surface area contributed by atoms with Gasteiger partial charge in [-0.1, -0.05) is 56.5 Å². The predicted octanol–water partition coefficient (Wildman–Crippen LogP) is 5.33. The van der Waals surface area contributed by atoms with Gasteiger partial charge in [-0.2, -0.15) is 0 Å². The summed E-state index contributed by atoms with van der Waals surface area (Å²) in [4.78, 5) is 29.4. The van der Waals surface area contributed by atoms with E-state index in [2.05, 4.69) is 28.5 Å². The van der Waals surface area contributed by atoms with E-state index >= 15 is 0 Å². The molecule has 3 aliphatic rings. The van der Waals surface area contributed by atoms with Crippen molar-refractivity contribution in [2.24, 2.45) is 5.92 Å². The van der Waals surface area contributed by atoms with E-state index in [0.717, 1.165) is 67.5 Å². The fourth-order valence-corrected chi connectivity index (χ4v) is 6.38. The van der Waals surface area contributed by atoms with Gasteiger partial charge in [0.2, 0.25) is 5.91 Å². The van der Waals surface area contributed by atoms with E-state index in [-0.39, 0.29) is 35.9 Å². The van der Waals surface area contributed by atoms with Crippen LogP contribution in [0.1, 0.15) is 97.9 Å². The Labute approximate surface area is 221 Å². The molecule has 0 saturated carbocycles. The van der Waals surface area contributed by atoms with Crippen LogP contribution in [0.15, 0.2) is 42.5 Å². The highest BCUT2D eigenvalue weighted by atomic mass is 16.5. The van der Waals surface area contributed by atoms with E-state index in [1.807, 2.05) is 43.3 Å².